The van der Waals surface area contributed by atoms with Gasteiger partial charge in [-0.05, 0) is 122 Å². The highest BCUT2D eigenvalue weighted by Gasteiger charge is 2.47. The van der Waals surface area contributed by atoms with Gasteiger partial charge in [0.25, 0.3) is 0 Å². The molecule has 2 aromatic rings. The van der Waals surface area contributed by atoms with Gasteiger partial charge in [-0.25, -0.2) is 0 Å². The molecule has 3 aliphatic rings. The Morgan fingerprint density at radius 2 is 0.816 bits per heavy atom. The topological polar surface area (TPSA) is 0 Å². The molecule has 5 rings (SSSR count). The molecule has 0 aromatic heterocycles. The summed E-state index contributed by atoms with van der Waals surface area (Å²) in [5, 5.41) is -1.01. The van der Waals surface area contributed by atoms with Crippen molar-refractivity contribution in [2.24, 2.45) is 5.92 Å². The Labute approximate surface area is 281 Å². The van der Waals surface area contributed by atoms with Crippen molar-refractivity contribution < 1.29 is 52.7 Å². The van der Waals surface area contributed by atoms with Gasteiger partial charge >= 0.3 is 24.7 Å². The van der Waals surface area contributed by atoms with E-state index in [0.29, 0.717) is 48.4 Å². The Morgan fingerprint density at radius 1 is 0.469 bits per heavy atom. The van der Waals surface area contributed by atoms with Crippen LogP contribution in [0.2, 0.25) is 0 Å². The Kier molecular flexibility index (Phi) is 11.7. The molecule has 0 radical (unpaired) electrons. The van der Waals surface area contributed by atoms with Crippen molar-refractivity contribution in [2.75, 3.05) is 0 Å². The number of hydrogen-bond donors (Lipinski definition) is 0. The van der Waals surface area contributed by atoms with E-state index in [9.17, 15) is 52.7 Å². The molecule has 0 amide bonds. The summed E-state index contributed by atoms with van der Waals surface area (Å²) in [5.74, 6) is -0.270. The van der Waals surface area contributed by atoms with Crippen LogP contribution in [0.1, 0.15) is 113 Å². The second-order valence-electron chi connectivity index (χ2n) is 13.8. The molecular weight excluding hydrogens is 710 g/mol. The third kappa shape index (κ3) is 9.10. The van der Waals surface area contributed by atoms with Crippen molar-refractivity contribution in [1.82, 2.24) is 0 Å². The van der Waals surface area contributed by atoms with E-state index in [2.05, 4.69) is 6.92 Å². The highest BCUT2D eigenvalue weighted by atomic mass is 31.1. The van der Waals surface area contributed by atoms with Crippen LogP contribution >= 0.6 is 15.8 Å². The molecule has 0 spiro atoms. The monoisotopic (exact) mass is 750 g/mol. The highest BCUT2D eigenvalue weighted by Crippen LogP contribution is 2.64. The molecule has 0 bridgehead atoms. The summed E-state index contributed by atoms with van der Waals surface area (Å²) >= 11 is 0. The van der Waals surface area contributed by atoms with E-state index < -0.39 is 79.1 Å². The lowest BCUT2D eigenvalue weighted by Gasteiger charge is -2.46. The molecule has 3 atom stereocenters. The molecule has 0 N–H and O–H groups in total. The molecule has 3 saturated carbocycles. The fourth-order valence-corrected chi connectivity index (χ4v) is 16.7. The molecule has 3 fully saturated rings. The normalized spacial score (nSPS) is 23.1. The van der Waals surface area contributed by atoms with Gasteiger partial charge < -0.3 is 0 Å². The third-order valence-electron chi connectivity index (χ3n) is 10.6. The van der Waals surface area contributed by atoms with E-state index >= 15 is 0 Å². The van der Waals surface area contributed by atoms with E-state index in [1.165, 1.54) is 0 Å². The first-order valence-electron chi connectivity index (χ1n) is 16.9. The van der Waals surface area contributed by atoms with Crippen LogP contribution in [0.15, 0.2) is 36.4 Å². The van der Waals surface area contributed by atoms with Crippen molar-refractivity contribution in [3.8, 4) is 0 Å². The summed E-state index contributed by atoms with van der Waals surface area (Å²) in [6.07, 6.45) is -8.92. The third-order valence-corrected chi connectivity index (χ3v) is 17.6. The maximum Gasteiger partial charge on any atom is 0.416 e. The molecule has 0 saturated heterocycles. The van der Waals surface area contributed by atoms with Crippen LogP contribution in [0.5, 0.6) is 0 Å². The Hall–Kier alpha value is -1.54. The molecule has 14 heteroatoms. The summed E-state index contributed by atoms with van der Waals surface area (Å²) < 4.78 is 169. The second-order valence-corrected chi connectivity index (χ2v) is 19.4. The Balaban J connectivity index is 1.71. The minimum Gasteiger partial charge on any atom is -0.166 e. The van der Waals surface area contributed by atoms with Gasteiger partial charge in [0.15, 0.2) is 0 Å². The average Bonchev–Trinajstić information content (AvgIpc) is 3.50. The van der Waals surface area contributed by atoms with E-state index in [-0.39, 0.29) is 30.1 Å². The van der Waals surface area contributed by atoms with Crippen molar-refractivity contribution in [3.63, 3.8) is 0 Å². The smallest absolute Gasteiger partial charge is 0.166 e. The van der Waals surface area contributed by atoms with Gasteiger partial charge in [-0.2, -0.15) is 52.7 Å². The fourth-order valence-electron chi connectivity index (χ4n) is 8.48. The quantitative estimate of drug-likeness (QED) is 0.195. The molecular formula is C35H40F12P2. The number of halogens is 12. The Morgan fingerprint density at radius 3 is 1.14 bits per heavy atom. The van der Waals surface area contributed by atoms with Crippen LogP contribution in [0.4, 0.5) is 52.7 Å². The van der Waals surface area contributed by atoms with Crippen molar-refractivity contribution in [2.45, 2.75) is 138 Å². The first kappa shape index (κ1) is 38.7. The van der Waals surface area contributed by atoms with Gasteiger partial charge in [-0.15, -0.1) is 0 Å². The zero-order valence-corrected chi connectivity index (χ0v) is 28.8. The van der Waals surface area contributed by atoms with E-state index in [1.807, 2.05) is 0 Å². The van der Waals surface area contributed by atoms with E-state index in [4.69, 9.17) is 0 Å². The predicted molar refractivity (Wildman–Crippen MR) is 170 cm³/mol. The van der Waals surface area contributed by atoms with Crippen LogP contribution < -0.4 is 10.6 Å². The Bertz CT molecular complexity index is 1260. The maximum atomic E-state index is 14.1. The van der Waals surface area contributed by atoms with Crippen LogP contribution in [0.25, 0.3) is 0 Å². The van der Waals surface area contributed by atoms with Crippen molar-refractivity contribution in [1.29, 1.82) is 0 Å². The average molecular weight is 751 g/mol. The van der Waals surface area contributed by atoms with Crippen molar-refractivity contribution in [3.05, 3.63) is 58.7 Å². The molecule has 1 unspecified atom stereocenters. The zero-order valence-electron chi connectivity index (χ0n) is 27.0. The lowest BCUT2D eigenvalue weighted by molar-refractivity contribution is -0.144. The molecule has 0 heterocycles. The first-order chi connectivity index (χ1) is 22.7. The lowest BCUT2D eigenvalue weighted by Crippen LogP contribution is -2.35. The van der Waals surface area contributed by atoms with E-state index in [0.717, 1.165) is 64.2 Å². The fraction of sp³-hybridized carbons (Fsp3) is 0.657. The predicted octanol–water partition coefficient (Wildman–Crippen LogP) is 12.9. The first-order valence-corrected chi connectivity index (χ1v) is 19.9. The molecule has 274 valence electrons. The van der Waals surface area contributed by atoms with Gasteiger partial charge in [0.1, 0.15) is 0 Å². The minimum absolute atomic E-state index is 0.000490. The zero-order chi connectivity index (χ0) is 35.9. The van der Waals surface area contributed by atoms with Gasteiger partial charge in [0, 0.05) is 0 Å². The second kappa shape index (κ2) is 14.8. The lowest BCUT2D eigenvalue weighted by atomic mass is 9.99. The van der Waals surface area contributed by atoms with Gasteiger partial charge in [0.2, 0.25) is 0 Å². The van der Waals surface area contributed by atoms with Crippen molar-refractivity contribution >= 4 is 26.5 Å². The summed E-state index contributed by atoms with van der Waals surface area (Å²) in [6, 6.07) is 1.95. The molecule has 49 heavy (non-hydrogen) atoms. The molecule has 3 aliphatic carbocycles. The van der Waals surface area contributed by atoms with E-state index in [1.54, 1.807) is 0 Å². The number of hydrogen-bond acceptors (Lipinski definition) is 0. The standard InChI is InChI=1S/C35H40F12P2/c1-21(48(26-9-4-2-5-10-26)27-11-6-3-7-12-27)30-13-8-14-31(30)49(28-17-22(32(36,37)38)15-23(18-28)33(39,40)41)29-19-24(34(42,43)44)16-25(20-29)35(45,46)47/h15-21,26-27,30-31H,2-14H2,1H3/t21-,30?,31+/m0/s1. The number of alkyl halides is 12. The van der Waals surface area contributed by atoms with Crippen LogP contribution in [0.3, 0.4) is 0 Å². The summed E-state index contributed by atoms with van der Waals surface area (Å²) in [6.45, 7) is 2.09. The summed E-state index contributed by atoms with van der Waals surface area (Å²) in [4.78, 5) is 0. The van der Waals surface area contributed by atoms with Crippen LogP contribution in [-0.4, -0.2) is 22.6 Å². The molecule has 0 aliphatic heterocycles. The van der Waals surface area contributed by atoms with Gasteiger partial charge in [-0.3, -0.25) is 0 Å². The maximum absolute atomic E-state index is 14.1. The van der Waals surface area contributed by atoms with Gasteiger partial charge in [-0.1, -0.05) is 59.8 Å². The minimum atomic E-state index is -5.24. The summed E-state index contributed by atoms with van der Waals surface area (Å²) in [7, 11) is -3.19. The highest BCUT2D eigenvalue weighted by molar-refractivity contribution is 7.73. The molecule has 0 nitrogen and oxygen atoms in total. The summed E-state index contributed by atoms with van der Waals surface area (Å²) in [5.41, 5.74) is -6.38. The largest absolute Gasteiger partial charge is 0.416 e. The van der Waals surface area contributed by atoms with Crippen LogP contribution in [0, 0.1) is 5.92 Å². The van der Waals surface area contributed by atoms with Crippen LogP contribution in [-0.2, 0) is 24.7 Å². The number of rotatable bonds is 7. The number of benzene rings is 2. The van der Waals surface area contributed by atoms with Gasteiger partial charge in [0.05, 0.1) is 22.3 Å². The SMILES string of the molecule is C[C@@H](C1CCC[C@H]1P(c1cc(C(F)(F)F)cc(C(F)(F)F)c1)c1cc(C(F)(F)F)cc(C(F)(F)F)c1)P(C1CCCCC1)C1CCCCC1. The molecule has 2 aromatic carbocycles.